The molecular weight excluding hydrogens is 330 g/mol. The molecule has 1 rings (SSSR count). The molecule has 0 aromatic heterocycles. The van der Waals surface area contributed by atoms with E-state index in [-0.39, 0.29) is 28.7 Å². The topological polar surface area (TPSA) is 154 Å². The van der Waals surface area contributed by atoms with Gasteiger partial charge in [0.2, 0.25) is 0 Å². The lowest BCUT2D eigenvalue weighted by Gasteiger charge is -2.07. The zero-order valence-corrected chi connectivity index (χ0v) is 14.1. The number of nitrogens with two attached hydrogens (primary N) is 3. The third-order valence-corrected chi connectivity index (χ3v) is 4.49. The first-order valence-corrected chi connectivity index (χ1v) is 8.81. The number of amidine groups is 1. The van der Waals surface area contributed by atoms with E-state index in [2.05, 4.69) is 16.9 Å². The van der Waals surface area contributed by atoms with E-state index in [1.807, 2.05) is 0 Å². The SMILES string of the molecule is C=C(N)/C=C(CS(=O)(=O)CC)\N=C(/N)c1ccc(NC(N)=O)cc1. The molecule has 1 aromatic carbocycles. The Labute approximate surface area is 141 Å². The van der Waals surface area contributed by atoms with Gasteiger partial charge in [-0.3, -0.25) is 0 Å². The first kappa shape index (κ1) is 19.2. The summed E-state index contributed by atoms with van der Waals surface area (Å²) in [5.74, 6) is -0.203. The zero-order valence-electron chi connectivity index (χ0n) is 13.3. The molecule has 0 radical (unpaired) electrons. The van der Waals surface area contributed by atoms with Gasteiger partial charge in [0, 0.05) is 22.7 Å². The van der Waals surface area contributed by atoms with Crippen molar-refractivity contribution in [3.63, 3.8) is 0 Å². The zero-order chi connectivity index (χ0) is 18.3. The number of carbonyl (C=O) groups is 1. The minimum atomic E-state index is -3.30. The lowest BCUT2D eigenvalue weighted by Crippen LogP contribution is -2.19. The van der Waals surface area contributed by atoms with Crippen LogP contribution in [0.25, 0.3) is 0 Å². The summed E-state index contributed by atoms with van der Waals surface area (Å²) in [5.41, 5.74) is 17.9. The molecule has 0 bridgehead atoms. The third kappa shape index (κ3) is 6.53. The van der Waals surface area contributed by atoms with Gasteiger partial charge in [0.15, 0.2) is 9.84 Å². The monoisotopic (exact) mass is 351 g/mol. The first-order chi connectivity index (χ1) is 11.1. The number of anilines is 1. The molecule has 1 aromatic rings. The molecule has 0 heterocycles. The van der Waals surface area contributed by atoms with Crippen LogP contribution in [-0.4, -0.2) is 31.8 Å². The summed E-state index contributed by atoms with van der Waals surface area (Å²) in [4.78, 5) is 14.9. The summed E-state index contributed by atoms with van der Waals surface area (Å²) in [6.45, 7) is 5.06. The van der Waals surface area contributed by atoms with Crippen LogP contribution in [0.15, 0.2) is 53.3 Å². The number of allylic oxidation sites excluding steroid dienone is 1. The molecule has 0 unspecified atom stereocenters. The summed E-state index contributed by atoms with van der Waals surface area (Å²) in [6, 6.07) is 5.74. The van der Waals surface area contributed by atoms with Gasteiger partial charge in [-0.05, 0) is 30.3 Å². The molecule has 0 aliphatic heterocycles. The van der Waals surface area contributed by atoms with E-state index >= 15 is 0 Å². The van der Waals surface area contributed by atoms with Gasteiger partial charge in [-0.2, -0.15) is 0 Å². The summed E-state index contributed by atoms with van der Waals surface area (Å²) in [5, 5.41) is 2.42. The Bertz CT molecular complexity index is 780. The fourth-order valence-corrected chi connectivity index (χ4v) is 2.54. The Morgan fingerprint density at radius 2 is 1.83 bits per heavy atom. The summed E-state index contributed by atoms with van der Waals surface area (Å²) >= 11 is 0. The van der Waals surface area contributed by atoms with E-state index in [0.717, 1.165) is 0 Å². The van der Waals surface area contributed by atoms with Crippen molar-refractivity contribution in [2.24, 2.45) is 22.2 Å². The number of hydrogen-bond donors (Lipinski definition) is 4. The van der Waals surface area contributed by atoms with E-state index in [1.165, 1.54) is 6.08 Å². The maximum absolute atomic E-state index is 11.8. The Kier molecular flexibility index (Phi) is 6.54. The van der Waals surface area contributed by atoms with Crippen LogP contribution >= 0.6 is 0 Å². The van der Waals surface area contributed by atoms with Gasteiger partial charge >= 0.3 is 6.03 Å². The van der Waals surface area contributed by atoms with Crippen molar-refractivity contribution >= 4 is 27.4 Å². The largest absolute Gasteiger partial charge is 0.399 e. The standard InChI is InChI=1S/C15H21N5O3S/c1-3-24(22,23)9-13(8-10(2)16)19-14(17)11-4-6-12(7-5-11)20-15(18)21/h4-8H,2-3,9,16H2,1H3,(H2,17,19)(H3,18,20,21)/b13-8-. The first-order valence-electron chi connectivity index (χ1n) is 6.99. The minimum absolute atomic E-state index is 0.0235. The fourth-order valence-electron chi connectivity index (χ4n) is 1.73. The van der Waals surface area contributed by atoms with Gasteiger partial charge in [-0.25, -0.2) is 18.2 Å². The maximum Gasteiger partial charge on any atom is 0.316 e. The molecule has 0 saturated carbocycles. The number of hydrogen-bond acceptors (Lipinski definition) is 5. The number of sulfone groups is 1. The van der Waals surface area contributed by atoms with Crippen molar-refractivity contribution in [3.8, 4) is 0 Å². The van der Waals surface area contributed by atoms with Gasteiger partial charge in [-0.15, -0.1) is 0 Å². The van der Waals surface area contributed by atoms with E-state index in [4.69, 9.17) is 17.2 Å². The van der Waals surface area contributed by atoms with Crippen LogP contribution < -0.4 is 22.5 Å². The van der Waals surface area contributed by atoms with Gasteiger partial charge < -0.3 is 22.5 Å². The number of rotatable bonds is 7. The molecule has 8 nitrogen and oxygen atoms in total. The Balaban J connectivity index is 3.09. The number of primary amides is 1. The molecule has 0 aliphatic carbocycles. The number of urea groups is 1. The Hall–Kier alpha value is -2.81. The van der Waals surface area contributed by atoms with Gasteiger partial charge in [0.05, 0.1) is 11.4 Å². The normalized spacial score (nSPS) is 12.7. The molecule has 0 saturated heterocycles. The maximum atomic E-state index is 11.8. The van der Waals surface area contributed by atoms with Crippen LogP contribution in [0.1, 0.15) is 12.5 Å². The molecule has 9 heteroatoms. The van der Waals surface area contributed by atoms with Crippen LogP contribution in [0.3, 0.4) is 0 Å². The number of nitrogens with one attached hydrogen (secondary N) is 1. The summed E-state index contributed by atoms with van der Waals surface area (Å²) in [7, 11) is -3.30. The average molecular weight is 351 g/mol. The van der Waals surface area contributed by atoms with E-state index in [0.29, 0.717) is 11.3 Å². The number of amides is 2. The van der Waals surface area contributed by atoms with Crippen molar-refractivity contribution in [3.05, 3.63) is 53.9 Å². The summed E-state index contributed by atoms with van der Waals surface area (Å²) < 4.78 is 23.6. The minimum Gasteiger partial charge on any atom is -0.399 e. The molecule has 0 fully saturated rings. The highest BCUT2D eigenvalue weighted by atomic mass is 32.2. The van der Waals surface area contributed by atoms with E-state index in [1.54, 1.807) is 31.2 Å². The van der Waals surface area contributed by atoms with Crippen LogP contribution in [0.4, 0.5) is 10.5 Å². The number of carbonyl (C=O) groups excluding carboxylic acids is 1. The van der Waals surface area contributed by atoms with E-state index < -0.39 is 15.9 Å². The lowest BCUT2D eigenvalue weighted by molar-refractivity contribution is 0.259. The molecule has 0 spiro atoms. The number of benzene rings is 1. The average Bonchev–Trinajstić information content (AvgIpc) is 2.46. The molecule has 130 valence electrons. The van der Waals surface area contributed by atoms with Crippen LogP contribution in [0.5, 0.6) is 0 Å². The predicted octanol–water partition coefficient (Wildman–Crippen LogP) is 0.674. The van der Waals surface area contributed by atoms with Crippen molar-refractivity contribution in [2.45, 2.75) is 6.92 Å². The van der Waals surface area contributed by atoms with Gasteiger partial charge in [0.25, 0.3) is 0 Å². The third-order valence-electron chi connectivity index (χ3n) is 2.87. The van der Waals surface area contributed by atoms with Gasteiger partial charge in [-0.1, -0.05) is 13.5 Å². The molecule has 0 atom stereocenters. The van der Waals surface area contributed by atoms with E-state index in [9.17, 15) is 13.2 Å². The highest BCUT2D eigenvalue weighted by Crippen LogP contribution is 2.11. The smallest absolute Gasteiger partial charge is 0.316 e. The molecule has 7 N–H and O–H groups in total. The van der Waals surface area contributed by atoms with Gasteiger partial charge in [0.1, 0.15) is 5.84 Å². The van der Waals surface area contributed by atoms with Crippen molar-refractivity contribution in [1.29, 1.82) is 0 Å². The molecule has 24 heavy (non-hydrogen) atoms. The second-order valence-corrected chi connectivity index (χ2v) is 7.30. The van der Waals surface area contributed by atoms with Crippen molar-refractivity contribution < 1.29 is 13.2 Å². The predicted molar refractivity (Wildman–Crippen MR) is 96.1 cm³/mol. The van der Waals surface area contributed by atoms with Crippen LogP contribution in [0.2, 0.25) is 0 Å². The number of nitrogens with zero attached hydrogens (tertiary/aromatic N) is 1. The number of aliphatic imine (C=N–C) groups is 1. The molecular formula is C15H21N5O3S. The van der Waals surface area contributed by atoms with Crippen LogP contribution in [-0.2, 0) is 9.84 Å². The molecule has 0 aliphatic rings. The highest BCUT2D eigenvalue weighted by Gasteiger charge is 2.12. The van der Waals surface area contributed by atoms with Crippen molar-refractivity contribution in [1.82, 2.24) is 0 Å². The Morgan fingerprint density at radius 3 is 2.29 bits per heavy atom. The summed E-state index contributed by atoms with van der Waals surface area (Å²) in [6.07, 6.45) is 1.36. The fraction of sp³-hybridized carbons (Fsp3) is 0.200. The molecule has 2 amide bonds. The Morgan fingerprint density at radius 1 is 1.25 bits per heavy atom. The second-order valence-electron chi connectivity index (χ2n) is 4.95. The lowest BCUT2D eigenvalue weighted by atomic mass is 10.2. The van der Waals surface area contributed by atoms with Crippen molar-refractivity contribution in [2.75, 3.05) is 16.8 Å². The quantitative estimate of drug-likeness (QED) is 0.323. The second kappa shape index (κ2) is 8.16. The van der Waals surface area contributed by atoms with Crippen LogP contribution in [0, 0.1) is 0 Å². The highest BCUT2D eigenvalue weighted by molar-refractivity contribution is 7.91.